The summed E-state index contributed by atoms with van der Waals surface area (Å²) in [5.41, 5.74) is 1.01. The van der Waals surface area contributed by atoms with E-state index < -0.39 is 5.79 Å². The summed E-state index contributed by atoms with van der Waals surface area (Å²) < 4.78 is 17.1. The fraction of sp³-hybridized carbons (Fsp3) is 0.588. The van der Waals surface area contributed by atoms with Crippen LogP contribution in [0.3, 0.4) is 0 Å². The van der Waals surface area contributed by atoms with Crippen molar-refractivity contribution in [1.82, 2.24) is 4.90 Å². The molecule has 0 saturated carbocycles. The average molecular weight is 303 g/mol. The third-order valence-electron chi connectivity index (χ3n) is 4.94. The molecule has 0 aliphatic carbocycles. The van der Waals surface area contributed by atoms with Crippen LogP contribution in [0.2, 0.25) is 0 Å². The Balaban J connectivity index is 1.40. The Bertz CT molecular complexity index is 525. The fourth-order valence-electron chi connectivity index (χ4n) is 3.99. The van der Waals surface area contributed by atoms with Gasteiger partial charge in [0, 0.05) is 24.9 Å². The Morgan fingerprint density at radius 2 is 1.77 bits per heavy atom. The molecule has 0 N–H and O–H groups in total. The smallest absolute Gasteiger partial charge is 0.410 e. The predicted molar refractivity (Wildman–Crippen MR) is 79.1 cm³/mol. The van der Waals surface area contributed by atoms with Crippen LogP contribution >= 0.6 is 0 Å². The molecule has 1 aromatic carbocycles. The Labute approximate surface area is 130 Å². The van der Waals surface area contributed by atoms with E-state index in [-0.39, 0.29) is 18.2 Å². The molecule has 5 nitrogen and oxygen atoms in total. The first-order chi connectivity index (χ1) is 10.8. The molecule has 1 spiro atoms. The molecule has 22 heavy (non-hydrogen) atoms. The van der Waals surface area contributed by atoms with Crippen LogP contribution in [0.4, 0.5) is 4.79 Å². The quantitative estimate of drug-likeness (QED) is 0.843. The van der Waals surface area contributed by atoms with Gasteiger partial charge in [0.25, 0.3) is 0 Å². The van der Waals surface area contributed by atoms with Crippen molar-refractivity contribution in [3.63, 3.8) is 0 Å². The summed E-state index contributed by atoms with van der Waals surface area (Å²) in [4.78, 5) is 14.4. The average Bonchev–Trinajstić information content (AvgIpc) is 3.09. The lowest BCUT2D eigenvalue weighted by atomic mass is 9.96. The van der Waals surface area contributed by atoms with E-state index in [9.17, 15) is 4.79 Å². The zero-order valence-corrected chi connectivity index (χ0v) is 12.6. The molecule has 0 radical (unpaired) electrons. The third-order valence-corrected chi connectivity index (χ3v) is 4.94. The minimum atomic E-state index is -0.442. The van der Waals surface area contributed by atoms with Gasteiger partial charge in [0.1, 0.15) is 6.61 Å². The molecule has 1 amide bonds. The number of amides is 1. The summed E-state index contributed by atoms with van der Waals surface area (Å²) in [6, 6.07) is 10.1. The Morgan fingerprint density at radius 1 is 1.14 bits per heavy atom. The molecule has 118 valence electrons. The number of hydrogen-bond acceptors (Lipinski definition) is 4. The molecule has 2 atom stereocenters. The summed E-state index contributed by atoms with van der Waals surface area (Å²) in [6.07, 6.45) is 3.36. The zero-order valence-electron chi connectivity index (χ0n) is 12.6. The number of carbonyl (C=O) groups is 1. The number of rotatable bonds is 2. The number of piperidine rings is 1. The largest absolute Gasteiger partial charge is 0.445 e. The van der Waals surface area contributed by atoms with E-state index in [1.807, 2.05) is 35.2 Å². The van der Waals surface area contributed by atoms with Gasteiger partial charge in [-0.25, -0.2) is 4.79 Å². The molecule has 2 unspecified atom stereocenters. The lowest BCUT2D eigenvalue weighted by molar-refractivity contribution is -0.195. The monoisotopic (exact) mass is 303 g/mol. The second-order valence-corrected chi connectivity index (χ2v) is 6.35. The van der Waals surface area contributed by atoms with Gasteiger partial charge in [-0.05, 0) is 18.4 Å². The van der Waals surface area contributed by atoms with Gasteiger partial charge in [-0.2, -0.15) is 0 Å². The molecule has 2 bridgehead atoms. The van der Waals surface area contributed by atoms with Crippen LogP contribution in [-0.2, 0) is 20.8 Å². The van der Waals surface area contributed by atoms with Crippen LogP contribution in [0.25, 0.3) is 0 Å². The highest BCUT2D eigenvalue weighted by atomic mass is 16.7. The second-order valence-electron chi connectivity index (χ2n) is 6.35. The van der Waals surface area contributed by atoms with Gasteiger partial charge in [0.2, 0.25) is 0 Å². The summed E-state index contributed by atoms with van der Waals surface area (Å²) in [5, 5.41) is 0. The Hall–Kier alpha value is -1.59. The van der Waals surface area contributed by atoms with E-state index in [1.54, 1.807) is 0 Å². The number of benzene rings is 1. The number of fused-ring (bicyclic) bond motifs is 2. The standard InChI is InChI=1S/C17H21NO4/c19-16(20-12-13-4-2-1-3-5-13)18-14-6-7-15(18)11-17(10-14)21-8-9-22-17/h1-5,14-15H,6-12H2. The van der Waals surface area contributed by atoms with E-state index >= 15 is 0 Å². The molecule has 0 aromatic heterocycles. The first kappa shape index (κ1) is 14.0. The number of ether oxygens (including phenoxy) is 3. The number of nitrogens with zero attached hydrogens (tertiary/aromatic N) is 1. The van der Waals surface area contributed by atoms with Gasteiger partial charge in [0.15, 0.2) is 5.79 Å². The fourth-order valence-corrected chi connectivity index (χ4v) is 3.99. The molecular weight excluding hydrogens is 282 g/mol. The van der Waals surface area contributed by atoms with Gasteiger partial charge >= 0.3 is 6.09 Å². The molecule has 3 aliphatic rings. The van der Waals surface area contributed by atoms with Crippen molar-refractivity contribution in [2.75, 3.05) is 13.2 Å². The van der Waals surface area contributed by atoms with Crippen molar-refractivity contribution in [3.05, 3.63) is 35.9 Å². The van der Waals surface area contributed by atoms with Crippen LogP contribution in [0.5, 0.6) is 0 Å². The van der Waals surface area contributed by atoms with Gasteiger partial charge in [0.05, 0.1) is 13.2 Å². The number of hydrogen-bond donors (Lipinski definition) is 0. The van der Waals surface area contributed by atoms with Crippen LogP contribution in [0.1, 0.15) is 31.2 Å². The van der Waals surface area contributed by atoms with E-state index in [2.05, 4.69) is 0 Å². The normalized spacial score (nSPS) is 29.0. The molecule has 3 aliphatic heterocycles. The molecule has 3 heterocycles. The summed E-state index contributed by atoms with van der Waals surface area (Å²) in [5.74, 6) is -0.442. The zero-order chi connectivity index (χ0) is 15.0. The van der Waals surface area contributed by atoms with E-state index in [0.29, 0.717) is 19.8 Å². The molecule has 5 heteroatoms. The summed E-state index contributed by atoms with van der Waals surface area (Å²) >= 11 is 0. The maximum Gasteiger partial charge on any atom is 0.410 e. The first-order valence-electron chi connectivity index (χ1n) is 8.03. The molecular formula is C17H21NO4. The van der Waals surface area contributed by atoms with Crippen molar-refractivity contribution >= 4 is 6.09 Å². The van der Waals surface area contributed by atoms with E-state index in [4.69, 9.17) is 14.2 Å². The molecule has 3 saturated heterocycles. The highest BCUT2D eigenvalue weighted by Gasteiger charge is 2.53. The van der Waals surface area contributed by atoms with Crippen molar-refractivity contribution in [2.24, 2.45) is 0 Å². The third kappa shape index (κ3) is 2.48. The highest BCUT2D eigenvalue weighted by Crippen LogP contribution is 2.45. The topological polar surface area (TPSA) is 48.0 Å². The number of carbonyl (C=O) groups excluding carboxylic acids is 1. The van der Waals surface area contributed by atoms with Crippen molar-refractivity contribution < 1.29 is 19.0 Å². The minimum Gasteiger partial charge on any atom is -0.445 e. The highest BCUT2D eigenvalue weighted by molar-refractivity contribution is 5.69. The first-order valence-corrected chi connectivity index (χ1v) is 8.03. The van der Waals surface area contributed by atoms with Crippen LogP contribution in [0.15, 0.2) is 30.3 Å². The van der Waals surface area contributed by atoms with E-state index in [0.717, 1.165) is 31.2 Å². The van der Waals surface area contributed by atoms with Crippen molar-refractivity contribution in [2.45, 2.75) is 50.2 Å². The second kappa shape index (κ2) is 5.56. The predicted octanol–water partition coefficient (Wildman–Crippen LogP) is 2.69. The van der Waals surface area contributed by atoms with Crippen LogP contribution in [-0.4, -0.2) is 42.1 Å². The SMILES string of the molecule is O=C(OCc1ccccc1)N1C2CCC1CC1(C2)OCCO1. The maximum absolute atomic E-state index is 12.5. The maximum atomic E-state index is 12.5. The Morgan fingerprint density at radius 3 is 2.41 bits per heavy atom. The van der Waals surface area contributed by atoms with Gasteiger partial charge in [-0.1, -0.05) is 30.3 Å². The lowest BCUT2D eigenvalue weighted by Crippen LogP contribution is -2.53. The molecule has 1 aromatic rings. The summed E-state index contributed by atoms with van der Waals surface area (Å²) in [6.45, 7) is 1.66. The van der Waals surface area contributed by atoms with Gasteiger partial charge in [-0.15, -0.1) is 0 Å². The summed E-state index contributed by atoms with van der Waals surface area (Å²) in [7, 11) is 0. The van der Waals surface area contributed by atoms with Crippen LogP contribution < -0.4 is 0 Å². The van der Waals surface area contributed by atoms with Crippen molar-refractivity contribution in [3.8, 4) is 0 Å². The Kier molecular flexibility index (Phi) is 3.54. The minimum absolute atomic E-state index is 0.181. The van der Waals surface area contributed by atoms with Gasteiger partial charge < -0.3 is 19.1 Å². The molecule has 4 rings (SSSR count). The van der Waals surface area contributed by atoms with Crippen LogP contribution in [0, 0.1) is 0 Å². The lowest BCUT2D eigenvalue weighted by Gasteiger charge is -2.42. The van der Waals surface area contributed by atoms with Crippen molar-refractivity contribution in [1.29, 1.82) is 0 Å². The molecule has 3 fully saturated rings. The van der Waals surface area contributed by atoms with Gasteiger partial charge in [-0.3, -0.25) is 0 Å². The van der Waals surface area contributed by atoms with E-state index in [1.165, 1.54) is 0 Å².